The lowest BCUT2D eigenvalue weighted by Gasteiger charge is -2.21. The summed E-state index contributed by atoms with van der Waals surface area (Å²) in [5.74, 6) is -2.59. The predicted octanol–water partition coefficient (Wildman–Crippen LogP) is 5.35. The number of rotatable bonds is 16. The predicted molar refractivity (Wildman–Crippen MR) is 137 cm³/mol. The first-order chi connectivity index (χ1) is 17.0. The van der Waals surface area contributed by atoms with Gasteiger partial charge in [0.25, 0.3) is 5.91 Å². The highest BCUT2D eigenvalue weighted by atomic mass is 16.4. The zero-order chi connectivity index (χ0) is 25.3. The summed E-state index contributed by atoms with van der Waals surface area (Å²) in [6.07, 6.45) is 15.7. The van der Waals surface area contributed by atoms with E-state index in [4.69, 9.17) is 0 Å². The Morgan fingerprint density at radius 2 is 1.29 bits per heavy atom. The number of aliphatic carboxylic acids is 1. The Hall–Kier alpha value is -3.22. The van der Waals surface area contributed by atoms with Crippen LogP contribution >= 0.6 is 0 Å². The molecular formula is C28H39N3O4. The summed E-state index contributed by atoms with van der Waals surface area (Å²) >= 11 is 0. The van der Waals surface area contributed by atoms with Crippen molar-refractivity contribution < 1.29 is 19.5 Å². The summed E-state index contributed by atoms with van der Waals surface area (Å²) in [5.41, 5.74) is 2.09. The van der Waals surface area contributed by atoms with Gasteiger partial charge in [-0.3, -0.25) is 14.6 Å². The molecule has 1 aromatic carbocycles. The molecule has 7 nitrogen and oxygen atoms in total. The van der Waals surface area contributed by atoms with Gasteiger partial charge in [0.2, 0.25) is 0 Å². The maximum atomic E-state index is 12.4. The molecule has 0 aliphatic rings. The average molecular weight is 482 g/mol. The number of nitrogens with one attached hydrogen (secondary N) is 1. The monoisotopic (exact) mass is 481 g/mol. The van der Waals surface area contributed by atoms with Gasteiger partial charge in [-0.1, -0.05) is 76.8 Å². The zero-order valence-electron chi connectivity index (χ0n) is 20.9. The molecule has 0 atom stereocenters. The lowest BCUT2D eigenvalue weighted by molar-refractivity contribution is -0.156. The Labute approximate surface area is 209 Å². The maximum absolute atomic E-state index is 12.4. The van der Waals surface area contributed by atoms with Gasteiger partial charge in [-0.15, -0.1) is 0 Å². The largest absolute Gasteiger partial charge is 0.474 e. The molecular weight excluding hydrogens is 442 g/mol. The molecule has 190 valence electrons. The van der Waals surface area contributed by atoms with Gasteiger partial charge in [0, 0.05) is 37.6 Å². The third kappa shape index (κ3) is 11.2. The quantitative estimate of drug-likeness (QED) is 0.249. The van der Waals surface area contributed by atoms with E-state index in [1.54, 1.807) is 48.8 Å². The number of nitrogens with zero attached hydrogens (tertiary/aromatic N) is 2. The fraction of sp³-hybridized carbons (Fsp3) is 0.500. The van der Waals surface area contributed by atoms with Crippen LogP contribution in [0.3, 0.4) is 0 Å². The van der Waals surface area contributed by atoms with E-state index in [2.05, 4.69) is 17.2 Å². The van der Waals surface area contributed by atoms with Gasteiger partial charge in [-0.25, -0.2) is 4.79 Å². The van der Waals surface area contributed by atoms with Gasteiger partial charge in [0.05, 0.1) is 0 Å². The van der Waals surface area contributed by atoms with Crippen molar-refractivity contribution in [2.75, 3.05) is 6.54 Å². The SMILES string of the molecule is CCCCCCCCCCCCNC(=O)c1ccc(CN(Cc2ccncc2)C(=O)C(=O)O)cc1. The Balaban J connectivity index is 1.72. The van der Waals surface area contributed by atoms with Gasteiger partial charge in [0.1, 0.15) is 0 Å². The van der Waals surface area contributed by atoms with E-state index in [1.807, 2.05) is 0 Å². The molecule has 0 aliphatic heterocycles. The standard InChI is InChI=1S/C28H39N3O4/c1-2-3-4-5-6-7-8-9-10-11-18-30-26(32)25-14-12-23(13-15-25)21-31(27(33)28(34)35)22-24-16-19-29-20-17-24/h12-17,19-20H,2-11,18,21-22H2,1H3,(H,30,32)(H,34,35). The Morgan fingerprint density at radius 3 is 1.83 bits per heavy atom. The summed E-state index contributed by atoms with van der Waals surface area (Å²) in [7, 11) is 0. The smallest absolute Gasteiger partial charge is 0.394 e. The molecule has 0 unspecified atom stereocenters. The third-order valence-electron chi connectivity index (χ3n) is 6.00. The van der Waals surface area contributed by atoms with Crippen molar-refractivity contribution in [1.29, 1.82) is 0 Å². The van der Waals surface area contributed by atoms with E-state index in [0.717, 1.165) is 24.0 Å². The molecule has 1 heterocycles. The highest BCUT2D eigenvalue weighted by molar-refractivity contribution is 6.31. The normalized spacial score (nSPS) is 10.7. The zero-order valence-corrected chi connectivity index (χ0v) is 20.9. The minimum absolute atomic E-state index is 0.122. The molecule has 0 spiro atoms. The molecule has 0 fully saturated rings. The lowest BCUT2D eigenvalue weighted by Crippen LogP contribution is -2.35. The summed E-state index contributed by atoms with van der Waals surface area (Å²) in [4.78, 5) is 41.0. The van der Waals surface area contributed by atoms with Gasteiger partial charge in [0.15, 0.2) is 0 Å². The number of pyridine rings is 1. The van der Waals surface area contributed by atoms with E-state index < -0.39 is 11.9 Å². The molecule has 0 aliphatic carbocycles. The molecule has 0 radical (unpaired) electrons. The summed E-state index contributed by atoms with van der Waals surface area (Å²) in [5, 5.41) is 12.1. The minimum Gasteiger partial charge on any atom is -0.474 e. The number of carbonyl (C=O) groups excluding carboxylic acids is 2. The number of carboxylic acids is 1. The minimum atomic E-state index is -1.50. The number of hydrogen-bond donors (Lipinski definition) is 2. The summed E-state index contributed by atoms with van der Waals surface area (Å²) < 4.78 is 0. The van der Waals surface area contributed by atoms with Gasteiger partial charge < -0.3 is 15.3 Å². The van der Waals surface area contributed by atoms with Crippen LogP contribution in [0.1, 0.15) is 92.6 Å². The van der Waals surface area contributed by atoms with Crippen molar-refractivity contribution >= 4 is 17.8 Å². The van der Waals surface area contributed by atoms with Crippen LogP contribution < -0.4 is 5.32 Å². The number of carboxylic acid groups (broad SMARTS) is 1. The summed E-state index contributed by atoms with van der Waals surface area (Å²) in [6.45, 7) is 3.19. The second-order valence-electron chi connectivity index (χ2n) is 8.96. The highest BCUT2D eigenvalue weighted by Crippen LogP contribution is 2.13. The van der Waals surface area contributed by atoms with Gasteiger partial charge >= 0.3 is 11.9 Å². The van der Waals surface area contributed by atoms with E-state index in [0.29, 0.717) is 12.1 Å². The van der Waals surface area contributed by atoms with Crippen LogP contribution in [0.4, 0.5) is 0 Å². The molecule has 2 N–H and O–H groups in total. The molecule has 2 aromatic rings. The second kappa shape index (κ2) is 16.4. The van der Waals surface area contributed by atoms with Crippen LogP contribution in [-0.4, -0.2) is 39.3 Å². The van der Waals surface area contributed by atoms with E-state index in [9.17, 15) is 19.5 Å². The van der Waals surface area contributed by atoms with Gasteiger partial charge in [-0.2, -0.15) is 0 Å². The van der Waals surface area contributed by atoms with Crippen LogP contribution in [0.5, 0.6) is 0 Å². The first kappa shape index (κ1) is 28.0. The molecule has 2 rings (SSSR count). The van der Waals surface area contributed by atoms with E-state index >= 15 is 0 Å². The molecule has 2 amide bonds. The first-order valence-corrected chi connectivity index (χ1v) is 12.8. The van der Waals surface area contributed by atoms with Crippen LogP contribution in [0.25, 0.3) is 0 Å². The second-order valence-corrected chi connectivity index (χ2v) is 8.96. The fourth-order valence-corrected chi connectivity index (χ4v) is 3.94. The van der Waals surface area contributed by atoms with Gasteiger partial charge in [-0.05, 0) is 41.8 Å². The number of amides is 2. The molecule has 0 saturated carbocycles. The molecule has 35 heavy (non-hydrogen) atoms. The molecule has 1 aromatic heterocycles. The topological polar surface area (TPSA) is 99.6 Å². The first-order valence-electron chi connectivity index (χ1n) is 12.8. The maximum Gasteiger partial charge on any atom is 0.394 e. The van der Waals surface area contributed by atoms with Crippen molar-refractivity contribution in [2.24, 2.45) is 0 Å². The van der Waals surface area contributed by atoms with Crippen LogP contribution in [-0.2, 0) is 22.7 Å². The number of hydrogen-bond acceptors (Lipinski definition) is 4. The van der Waals surface area contributed by atoms with Crippen molar-refractivity contribution in [3.05, 3.63) is 65.5 Å². The molecule has 0 bridgehead atoms. The van der Waals surface area contributed by atoms with Crippen LogP contribution in [0.2, 0.25) is 0 Å². The number of benzene rings is 1. The lowest BCUT2D eigenvalue weighted by atomic mass is 10.1. The number of aromatic nitrogens is 1. The van der Waals surface area contributed by atoms with Crippen molar-refractivity contribution in [3.63, 3.8) is 0 Å². The Bertz CT molecular complexity index is 900. The Morgan fingerprint density at radius 1 is 0.771 bits per heavy atom. The van der Waals surface area contributed by atoms with E-state index in [1.165, 1.54) is 56.3 Å². The van der Waals surface area contributed by atoms with Crippen LogP contribution in [0, 0.1) is 0 Å². The molecule has 7 heteroatoms. The Kier molecular flexibility index (Phi) is 13.1. The number of carbonyl (C=O) groups is 3. The van der Waals surface area contributed by atoms with Crippen molar-refractivity contribution in [2.45, 2.75) is 84.2 Å². The average Bonchev–Trinajstić information content (AvgIpc) is 2.87. The number of unbranched alkanes of at least 4 members (excludes halogenated alkanes) is 9. The molecule has 0 saturated heterocycles. The fourth-order valence-electron chi connectivity index (χ4n) is 3.94. The third-order valence-corrected chi connectivity index (χ3v) is 6.00. The van der Waals surface area contributed by atoms with Crippen molar-refractivity contribution in [1.82, 2.24) is 15.2 Å². The van der Waals surface area contributed by atoms with E-state index in [-0.39, 0.29) is 19.0 Å². The van der Waals surface area contributed by atoms with Crippen molar-refractivity contribution in [3.8, 4) is 0 Å². The summed E-state index contributed by atoms with van der Waals surface area (Å²) in [6, 6.07) is 10.4. The highest BCUT2D eigenvalue weighted by Gasteiger charge is 2.21. The van der Waals surface area contributed by atoms with Crippen LogP contribution in [0.15, 0.2) is 48.8 Å².